The second kappa shape index (κ2) is 15.7. The van der Waals surface area contributed by atoms with Gasteiger partial charge in [0.1, 0.15) is 23.6 Å². The van der Waals surface area contributed by atoms with E-state index in [9.17, 15) is 24.0 Å². The van der Waals surface area contributed by atoms with Crippen molar-refractivity contribution in [1.29, 1.82) is 0 Å². The number of hydrogen-bond donors (Lipinski definition) is 3. The Labute approximate surface area is 323 Å². The number of nitrogens with zero attached hydrogens (tertiary/aromatic N) is 2. The van der Waals surface area contributed by atoms with Crippen LogP contribution in [0.15, 0.2) is 41.6 Å². The van der Waals surface area contributed by atoms with Crippen molar-refractivity contribution < 1.29 is 38.3 Å². The van der Waals surface area contributed by atoms with Gasteiger partial charge in [-0.15, -0.1) is 0 Å². The van der Waals surface area contributed by atoms with Crippen LogP contribution in [0.25, 0.3) is 0 Å². The number of hydrogen-bond acceptors (Lipinski definition) is 9. The van der Waals surface area contributed by atoms with Gasteiger partial charge in [0.25, 0.3) is 5.91 Å². The molecule has 2 aromatic rings. The molecular weight excluding hydrogens is 702 g/mol. The molecule has 2 saturated carbocycles. The van der Waals surface area contributed by atoms with E-state index in [-0.39, 0.29) is 36.6 Å². The first-order valence-corrected chi connectivity index (χ1v) is 19.4. The minimum atomic E-state index is -1.06. The number of oxime groups is 1. The maximum Gasteiger partial charge on any atom is 0.289 e. The van der Waals surface area contributed by atoms with Crippen LogP contribution in [0.2, 0.25) is 0 Å². The lowest BCUT2D eigenvalue weighted by Crippen LogP contribution is -2.59. The molecule has 3 N–H and O–H groups in total. The van der Waals surface area contributed by atoms with E-state index in [1.54, 1.807) is 7.11 Å². The van der Waals surface area contributed by atoms with Gasteiger partial charge in [0.2, 0.25) is 23.5 Å². The van der Waals surface area contributed by atoms with Crippen LogP contribution < -0.4 is 25.4 Å². The number of ketones is 1. The van der Waals surface area contributed by atoms with E-state index in [0.717, 1.165) is 40.8 Å². The fraction of sp³-hybridized carbons (Fsp3) is 0.571. The van der Waals surface area contributed by atoms with E-state index in [4.69, 9.17) is 14.3 Å². The van der Waals surface area contributed by atoms with Gasteiger partial charge in [-0.2, -0.15) is 0 Å². The highest BCUT2D eigenvalue weighted by Gasteiger charge is 2.56. The topological polar surface area (TPSA) is 165 Å². The van der Waals surface area contributed by atoms with Crippen LogP contribution in [-0.4, -0.2) is 91.1 Å². The summed E-state index contributed by atoms with van der Waals surface area (Å²) < 4.78 is 11.4. The summed E-state index contributed by atoms with van der Waals surface area (Å²) >= 11 is 0. The Balaban J connectivity index is 1.27. The van der Waals surface area contributed by atoms with Gasteiger partial charge in [-0.1, -0.05) is 57.0 Å². The quantitative estimate of drug-likeness (QED) is 0.243. The zero-order valence-electron chi connectivity index (χ0n) is 33.2. The Morgan fingerprint density at radius 2 is 1.73 bits per heavy atom. The van der Waals surface area contributed by atoms with Crippen molar-refractivity contribution in [2.24, 2.45) is 22.4 Å². The zero-order chi connectivity index (χ0) is 39.8. The van der Waals surface area contributed by atoms with Crippen molar-refractivity contribution in [2.45, 2.75) is 110 Å². The van der Waals surface area contributed by atoms with Crippen LogP contribution in [0.3, 0.4) is 0 Å². The molecule has 4 aliphatic rings. The van der Waals surface area contributed by atoms with E-state index < -0.39 is 52.6 Å². The van der Waals surface area contributed by atoms with Gasteiger partial charge in [-0.25, -0.2) is 0 Å². The second-order valence-corrected chi connectivity index (χ2v) is 16.7. The predicted octanol–water partition coefficient (Wildman–Crippen LogP) is 4.11. The third kappa shape index (κ3) is 8.50. The Kier molecular flexibility index (Phi) is 11.3. The van der Waals surface area contributed by atoms with Crippen LogP contribution >= 0.6 is 0 Å². The minimum Gasteiger partial charge on any atom is -0.496 e. The number of benzene rings is 2. The summed E-state index contributed by atoms with van der Waals surface area (Å²) in [7, 11) is 2.98. The number of likely N-dealkylation sites (N-methyl/N-ethyl adjacent to an activating group) is 1. The summed E-state index contributed by atoms with van der Waals surface area (Å²) in [5, 5.41) is 12.8. The molecule has 2 aliphatic carbocycles. The lowest BCUT2D eigenvalue weighted by Gasteiger charge is -2.35. The van der Waals surface area contributed by atoms with Gasteiger partial charge >= 0.3 is 0 Å². The first-order chi connectivity index (χ1) is 26.1. The normalized spacial score (nSPS) is 24.0. The van der Waals surface area contributed by atoms with Gasteiger partial charge in [-0.05, 0) is 85.8 Å². The fourth-order valence-corrected chi connectivity index (χ4v) is 8.11. The number of nitrogens with one attached hydrogen (secondary N) is 3. The van der Waals surface area contributed by atoms with E-state index in [2.05, 4.69) is 21.1 Å². The van der Waals surface area contributed by atoms with Gasteiger partial charge in [0, 0.05) is 31.4 Å². The summed E-state index contributed by atoms with van der Waals surface area (Å²) in [5.41, 5.74) is 2.61. The summed E-state index contributed by atoms with van der Waals surface area (Å²) in [6.07, 6.45) is 3.20. The molecule has 2 aromatic carbocycles. The highest BCUT2D eigenvalue weighted by molar-refractivity contribution is 6.38. The van der Waals surface area contributed by atoms with Gasteiger partial charge in [0.15, 0.2) is 5.60 Å². The van der Waals surface area contributed by atoms with E-state index in [0.29, 0.717) is 37.3 Å². The Bertz CT molecular complexity index is 1860. The minimum absolute atomic E-state index is 0.0261. The van der Waals surface area contributed by atoms with Crippen molar-refractivity contribution in [1.82, 2.24) is 20.9 Å². The lowest BCUT2D eigenvalue weighted by molar-refractivity contribution is -0.145. The SMILES string of the molecule is CCOc1c(C)cc(C2=NO[C@]3(C2)C[C@@H](C(=O)N[C@@H](CC2CC2)C(=O)C(=O)NC)N(C(=O)[C@@H](NC(=O)[C@@H]2C[C@H]2c2ccccc2OC)C(C)(C)C)C3)cc1C. The molecule has 3 fully saturated rings. The lowest BCUT2D eigenvalue weighted by atomic mass is 9.85. The number of para-hydroxylation sites is 1. The Morgan fingerprint density at radius 3 is 2.35 bits per heavy atom. The van der Waals surface area contributed by atoms with Crippen LogP contribution in [0, 0.1) is 31.1 Å². The zero-order valence-corrected chi connectivity index (χ0v) is 33.2. The highest BCUT2D eigenvalue weighted by atomic mass is 16.7. The number of carbonyl (C=O) groups excluding carboxylic acids is 5. The fourth-order valence-electron chi connectivity index (χ4n) is 8.11. The standard InChI is InChI=1S/C42H55N5O8/c1-9-54-35-23(2)16-26(17-24(35)3)31-20-42(55-46-31)21-32(38(50)44-30(18-25-14-15-25)34(48)39(51)43-7)47(22-42)40(52)36(41(4,5)6)45-37(49)29-19-28(29)27-12-10-11-13-33(27)53-8/h10-13,16-17,25,28-30,32,36H,9,14-15,18-22H2,1-8H3,(H,43,51)(H,44,50)(H,45,49)/t28-,29+,30-,32-,36+,42+/m0/s1. The smallest absolute Gasteiger partial charge is 0.289 e. The van der Waals surface area contributed by atoms with Gasteiger partial charge in [0.05, 0.1) is 32.0 Å². The monoisotopic (exact) mass is 757 g/mol. The largest absolute Gasteiger partial charge is 0.496 e. The molecule has 0 radical (unpaired) electrons. The Hall–Kier alpha value is -4.94. The summed E-state index contributed by atoms with van der Waals surface area (Å²) in [6.45, 7) is 12.1. The third-order valence-electron chi connectivity index (χ3n) is 11.3. The molecule has 13 nitrogen and oxygen atoms in total. The number of ether oxygens (including phenoxy) is 2. The number of rotatable bonds is 14. The number of aryl methyl sites for hydroxylation is 2. The molecule has 55 heavy (non-hydrogen) atoms. The van der Waals surface area contributed by atoms with Crippen molar-refractivity contribution >= 4 is 35.1 Å². The van der Waals surface area contributed by atoms with Crippen molar-refractivity contribution in [3.63, 3.8) is 0 Å². The number of amides is 4. The van der Waals surface area contributed by atoms with Crippen LogP contribution in [0.1, 0.15) is 94.4 Å². The van der Waals surface area contributed by atoms with Crippen molar-refractivity contribution in [3.8, 4) is 11.5 Å². The third-order valence-corrected chi connectivity index (χ3v) is 11.3. The highest BCUT2D eigenvalue weighted by Crippen LogP contribution is 2.51. The van der Waals surface area contributed by atoms with Crippen LogP contribution in [0.4, 0.5) is 0 Å². The van der Waals surface area contributed by atoms with E-state index in [1.165, 1.54) is 11.9 Å². The second-order valence-electron chi connectivity index (χ2n) is 16.7. The summed E-state index contributed by atoms with van der Waals surface area (Å²) in [4.78, 5) is 76.3. The molecule has 0 unspecified atom stereocenters. The molecule has 2 aliphatic heterocycles. The van der Waals surface area contributed by atoms with Gasteiger partial charge in [-0.3, -0.25) is 24.0 Å². The van der Waals surface area contributed by atoms with E-state index >= 15 is 0 Å². The van der Waals surface area contributed by atoms with Gasteiger partial charge < -0.3 is 35.2 Å². The average Bonchev–Trinajstić information content (AvgIpc) is 4.08. The molecule has 296 valence electrons. The maximum atomic E-state index is 14.9. The molecule has 6 atom stereocenters. The molecule has 2 heterocycles. The molecular formula is C42H55N5O8. The number of methoxy groups -OCH3 is 1. The molecule has 13 heteroatoms. The molecule has 6 rings (SSSR count). The summed E-state index contributed by atoms with van der Waals surface area (Å²) in [5.74, 6) is -1.39. The average molecular weight is 758 g/mol. The molecule has 1 saturated heterocycles. The van der Waals surface area contributed by atoms with E-state index in [1.807, 2.05) is 77.9 Å². The number of Topliss-reactive ketones (excluding diaryl/α,β-unsaturated/α-hetero) is 1. The number of carbonyl (C=O) groups is 5. The molecule has 0 aromatic heterocycles. The molecule has 0 bridgehead atoms. The molecule has 4 amide bonds. The number of likely N-dealkylation sites (tertiary alicyclic amines) is 1. The van der Waals surface area contributed by atoms with Crippen LogP contribution in [-0.2, 0) is 28.8 Å². The first kappa shape index (κ1) is 39.7. The van der Waals surface area contributed by atoms with Crippen LogP contribution in [0.5, 0.6) is 11.5 Å². The molecule has 1 spiro atoms. The van der Waals surface area contributed by atoms with Crippen molar-refractivity contribution in [2.75, 3.05) is 27.3 Å². The Morgan fingerprint density at radius 1 is 1.04 bits per heavy atom. The first-order valence-electron chi connectivity index (χ1n) is 19.4. The predicted molar refractivity (Wildman–Crippen MR) is 206 cm³/mol. The van der Waals surface area contributed by atoms with Crippen molar-refractivity contribution in [3.05, 3.63) is 58.7 Å². The summed E-state index contributed by atoms with van der Waals surface area (Å²) in [6, 6.07) is 8.52. The maximum absolute atomic E-state index is 14.9.